The van der Waals surface area contributed by atoms with E-state index < -0.39 is 5.60 Å². The van der Waals surface area contributed by atoms with E-state index in [0.717, 1.165) is 19.5 Å². The van der Waals surface area contributed by atoms with Crippen molar-refractivity contribution in [3.63, 3.8) is 0 Å². The van der Waals surface area contributed by atoms with Crippen LogP contribution in [0.4, 0.5) is 0 Å². The monoisotopic (exact) mass is 163 g/mol. The molecule has 0 spiro atoms. The van der Waals surface area contributed by atoms with Crippen molar-refractivity contribution in [3.05, 3.63) is 0 Å². The van der Waals surface area contributed by atoms with Gasteiger partial charge >= 0.3 is 0 Å². The van der Waals surface area contributed by atoms with E-state index >= 15 is 0 Å². The first-order chi connectivity index (χ1) is 4.11. The molecule has 0 aromatic rings. The van der Waals surface area contributed by atoms with E-state index in [1.54, 1.807) is 0 Å². The van der Waals surface area contributed by atoms with Crippen LogP contribution < -0.4 is 5.32 Å². The maximum Gasteiger partial charge on any atom is 0.0632 e. The molecule has 1 rings (SSSR count). The highest BCUT2D eigenvalue weighted by Crippen LogP contribution is 2.21. The fourth-order valence-corrected chi connectivity index (χ4v) is 1.26. The third-order valence-electron chi connectivity index (χ3n) is 2.06. The minimum Gasteiger partial charge on any atom is -0.390 e. The first-order valence-electron chi connectivity index (χ1n) is 3.54. The zero-order valence-corrected chi connectivity index (χ0v) is 7.65. The van der Waals surface area contributed by atoms with Gasteiger partial charge < -0.3 is 10.4 Å². The Morgan fingerprint density at radius 3 is 2.30 bits per heavy atom. The summed E-state index contributed by atoms with van der Waals surface area (Å²) in [6.45, 7) is 5.80. The molecule has 1 heterocycles. The molecule has 3 heteroatoms. The predicted molar refractivity (Wildman–Crippen MR) is 47.7 cm³/mol. The van der Waals surface area contributed by atoms with Gasteiger partial charge in [0.25, 0.3) is 0 Å². The Morgan fingerprint density at radius 1 is 1.50 bits per heavy atom. The van der Waals surface area contributed by atoms with Crippen molar-refractivity contribution >= 4 is 13.5 Å². The maximum atomic E-state index is 9.48. The van der Waals surface area contributed by atoms with E-state index in [1.165, 1.54) is 0 Å². The number of rotatable bonds is 1. The van der Waals surface area contributed by atoms with E-state index in [-0.39, 0.29) is 13.5 Å². The van der Waals surface area contributed by atoms with Gasteiger partial charge in [0.15, 0.2) is 0 Å². The second-order valence-electron chi connectivity index (χ2n) is 3.34. The average molecular weight is 163 g/mol. The highest BCUT2D eigenvalue weighted by Gasteiger charge is 2.28. The molecule has 1 atom stereocenters. The second-order valence-corrected chi connectivity index (χ2v) is 3.34. The summed E-state index contributed by atoms with van der Waals surface area (Å²) in [6.07, 6.45) is 1.11. The van der Waals surface area contributed by atoms with E-state index in [2.05, 4.69) is 5.32 Å². The molecular weight excluding hydrogens is 146 g/mol. The van der Waals surface area contributed by atoms with Crippen LogP contribution in [0, 0.1) is 5.92 Å². The summed E-state index contributed by atoms with van der Waals surface area (Å²) in [4.78, 5) is 0. The lowest BCUT2D eigenvalue weighted by molar-refractivity contribution is 0.0256. The van der Waals surface area contributed by atoms with Gasteiger partial charge in [-0.1, -0.05) is 0 Å². The van der Waals surface area contributed by atoms with E-state index in [0.29, 0.717) is 5.92 Å². The van der Waals surface area contributed by atoms with Crippen molar-refractivity contribution in [3.8, 4) is 0 Å². The van der Waals surface area contributed by atoms with Crippen molar-refractivity contribution in [1.29, 1.82) is 0 Å². The van der Waals surface area contributed by atoms with Crippen LogP contribution in [0.25, 0.3) is 0 Å². The molecule has 1 aliphatic rings. The van der Waals surface area contributed by atoms with E-state index in [4.69, 9.17) is 0 Å². The number of nitrogens with one attached hydrogen (secondary N) is 1. The van der Waals surface area contributed by atoms with Crippen LogP contribution in [0.3, 0.4) is 0 Å². The third-order valence-corrected chi connectivity index (χ3v) is 2.06. The standard InChI is InChI=1S/C7H15NO.H2S/c1-7(2,9)6-3-4-8-5-6;/h6,8-9H,3-5H2,1-2H3;1H2/t6-;/m0./s1. The van der Waals surface area contributed by atoms with Crippen LogP contribution in [0.5, 0.6) is 0 Å². The van der Waals surface area contributed by atoms with Crippen LogP contribution >= 0.6 is 13.5 Å². The van der Waals surface area contributed by atoms with Crippen LogP contribution in [0.1, 0.15) is 20.3 Å². The Labute approximate surface area is 69.5 Å². The maximum absolute atomic E-state index is 9.48. The number of hydrogen-bond acceptors (Lipinski definition) is 2. The third kappa shape index (κ3) is 2.48. The van der Waals surface area contributed by atoms with Gasteiger partial charge in [0.1, 0.15) is 0 Å². The minimum absolute atomic E-state index is 0. The Balaban J connectivity index is 0.000000810. The summed E-state index contributed by atoms with van der Waals surface area (Å²) >= 11 is 0. The topological polar surface area (TPSA) is 32.3 Å². The largest absolute Gasteiger partial charge is 0.390 e. The summed E-state index contributed by atoms with van der Waals surface area (Å²) in [6, 6.07) is 0. The lowest BCUT2D eigenvalue weighted by atomic mass is 9.91. The minimum atomic E-state index is -0.483. The molecule has 0 bridgehead atoms. The number of hydrogen-bond donors (Lipinski definition) is 2. The highest BCUT2D eigenvalue weighted by molar-refractivity contribution is 7.59. The zero-order valence-electron chi connectivity index (χ0n) is 6.65. The molecular formula is C7H17NOS. The average Bonchev–Trinajstić information content (AvgIpc) is 2.08. The van der Waals surface area contributed by atoms with Gasteiger partial charge in [0.05, 0.1) is 5.60 Å². The molecule has 1 fully saturated rings. The fraction of sp³-hybridized carbons (Fsp3) is 1.00. The van der Waals surface area contributed by atoms with Gasteiger partial charge in [0.2, 0.25) is 0 Å². The molecule has 0 aromatic carbocycles. The molecule has 0 radical (unpaired) electrons. The van der Waals surface area contributed by atoms with Gasteiger partial charge in [-0.3, -0.25) is 0 Å². The summed E-state index contributed by atoms with van der Waals surface area (Å²) in [5.74, 6) is 0.456. The molecule has 0 aromatic heterocycles. The van der Waals surface area contributed by atoms with E-state index in [1.807, 2.05) is 13.8 Å². The zero-order chi connectivity index (χ0) is 6.91. The molecule has 0 amide bonds. The van der Waals surface area contributed by atoms with Crippen molar-refractivity contribution in [1.82, 2.24) is 5.32 Å². The van der Waals surface area contributed by atoms with Gasteiger partial charge in [-0.2, -0.15) is 13.5 Å². The normalized spacial score (nSPS) is 26.1. The van der Waals surface area contributed by atoms with Crippen molar-refractivity contribution in [2.45, 2.75) is 25.9 Å². The quantitative estimate of drug-likeness (QED) is 0.589. The van der Waals surface area contributed by atoms with Crippen LogP contribution in [-0.4, -0.2) is 23.8 Å². The Kier molecular flexibility index (Phi) is 3.70. The molecule has 0 unspecified atom stereocenters. The van der Waals surface area contributed by atoms with Gasteiger partial charge in [0, 0.05) is 12.5 Å². The van der Waals surface area contributed by atoms with Crippen molar-refractivity contribution in [2.75, 3.05) is 13.1 Å². The summed E-state index contributed by atoms with van der Waals surface area (Å²) in [5.41, 5.74) is -0.483. The Hall–Kier alpha value is 0.270. The molecule has 2 nitrogen and oxygen atoms in total. The lowest BCUT2D eigenvalue weighted by Crippen LogP contribution is -2.32. The van der Waals surface area contributed by atoms with Crippen molar-refractivity contribution < 1.29 is 5.11 Å². The molecule has 62 valence electrons. The van der Waals surface area contributed by atoms with Crippen LogP contribution in [0.2, 0.25) is 0 Å². The molecule has 2 N–H and O–H groups in total. The fourth-order valence-electron chi connectivity index (χ4n) is 1.26. The van der Waals surface area contributed by atoms with Crippen molar-refractivity contribution in [2.24, 2.45) is 5.92 Å². The van der Waals surface area contributed by atoms with Crippen LogP contribution in [-0.2, 0) is 0 Å². The van der Waals surface area contributed by atoms with E-state index in [9.17, 15) is 5.11 Å². The first-order valence-corrected chi connectivity index (χ1v) is 3.54. The number of aliphatic hydroxyl groups is 1. The Morgan fingerprint density at radius 2 is 2.10 bits per heavy atom. The molecule has 0 aliphatic carbocycles. The highest BCUT2D eigenvalue weighted by atomic mass is 32.1. The molecule has 10 heavy (non-hydrogen) atoms. The Bertz CT molecular complexity index is 94.3. The summed E-state index contributed by atoms with van der Waals surface area (Å²) in [5, 5.41) is 12.7. The summed E-state index contributed by atoms with van der Waals surface area (Å²) in [7, 11) is 0. The van der Waals surface area contributed by atoms with Crippen LogP contribution in [0.15, 0.2) is 0 Å². The first kappa shape index (κ1) is 10.3. The van der Waals surface area contributed by atoms with Gasteiger partial charge in [-0.05, 0) is 26.8 Å². The molecule has 1 aliphatic heterocycles. The predicted octanol–water partition coefficient (Wildman–Crippen LogP) is 0.480. The SMILES string of the molecule is CC(C)(O)[C@H]1CCNC1.S. The van der Waals surface area contributed by atoms with Gasteiger partial charge in [-0.15, -0.1) is 0 Å². The molecule has 1 saturated heterocycles. The lowest BCUT2D eigenvalue weighted by Gasteiger charge is -2.23. The van der Waals surface area contributed by atoms with Gasteiger partial charge in [-0.25, -0.2) is 0 Å². The smallest absolute Gasteiger partial charge is 0.0632 e. The second kappa shape index (κ2) is 3.60. The molecule has 0 saturated carbocycles. The summed E-state index contributed by atoms with van der Waals surface area (Å²) < 4.78 is 0.